The fraction of sp³-hybridized carbons (Fsp3) is 0.647. The van der Waals surface area contributed by atoms with Crippen molar-refractivity contribution in [2.45, 2.75) is 45.1 Å². The number of nitrogens with one attached hydrogen (secondary N) is 1. The average Bonchev–Trinajstić information content (AvgIpc) is 3.11. The second-order valence-electron chi connectivity index (χ2n) is 6.64. The van der Waals surface area contributed by atoms with E-state index in [1.165, 1.54) is 4.90 Å². The minimum Gasteiger partial charge on any atom is -0.454 e. The van der Waals surface area contributed by atoms with E-state index >= 15 is 0 Å². The molecule has 1 spiro atoms. The number of imide groups is 1. The van der Waals surface area contributed by atoms with Crippen LogP contribution in [0.25, 0.3) is 0 Å². The molecular weight excluding hydrogens is 326 g/mol. The highest BCUT2D eigenvalue weighted by molar-refractivity contribution is 6.08. The molecule has 1 aliphatic heterocycles. The van der Waals surface area contributed by atoms with Gasteiger partial charge in [0.25, 0.3) is 11.8 Å². The van der Waals surface area contributed by atoms with Crippen molar-refractivity contribution in [1.29, 1.82) is 0 Å². The minimum absolute atomic E-state index is 0.344. The van der Waals surface area contributed by atoms with Crippen LogP contribution in [0.2, 0.25) is 0 Å². The molecule has 2 fully saturated rings. The fourth-order valence-electron chi connectivity index (χ4n) is 3.25. The van der Waals surface area contributed by atoms with E-state index in [1.807, 2.05) is 6.92 Å². The number of amides is 4. The first kappa shape index (κ1) is 19.0. The molecule has 25 heavy (non-hydrogen) atoms. The van der Waals surface area contributed by atoms with Crippen molar-refractivity contribution in [3.63, 3.8) is 0 Å². The molecule has 1 saturated carbocycles. The van der Waals surface area contributed by atoms with Crippen molar-refractivity contribution in [3.05, 3.63) is 12.2 Å². The van der Waals surface area contributed by atoms with Crippen molar-refractivity contribution in [3.8, 4) is 0 Å². The average molecular weight is 351 g/mol. The Morgan fingerprint density at radius 3 is 2.52 bits per heavy atom. The van der Waals surface area contributed by atoms with Crippen LogP contribution in [0.3, 0.4) is 0 Å². The monoisotopic (exact) mass is 351 g/mol. The highest BCUT2D eigenvalue weighted by Gasteiger charge is 2.52. The molecule has 0 bridgehead atoms. The molecule has 2 rings (SSSR count). The van der Waals surface area contributed by atoms with E-state index in [4.69, 9.17) is 4.74 Å². The van der Waals surface area contributed by atoms with E-state index in [1.54, 1.807) is 6.92 Å². The quantitative estimate of drug-likeness (QED) is 0.416. The summed E-state index contributed by atoms with van der Waals surface area (Å²) in [6.07, 6.45) is 2.92. The first-order chi connectivity index (χ1) is 11.8. The third-order valence-corrected chi connectivity index (χ3v) is 4.54. The summed E-state index contributed by atoms with van der Waals surface area (Å²) in [5, 5.41) is 2.69. The molecule has 138 valence electrons. The van der Waals surface area contributed by atoms with Gasteiger partial charge < -0.3 is 15.0 Å². The number of esters is 1. The summed E-state index contributed by atoms with van der Waals surface area (Å²) >= 11 is 0. The molecule has 8 heteroatoms. The third kappa shape index (κ3) is 4.18. The van der Waals surface area contributed by atoms with Gasteiger partial charge in [0.15, 0.2) is 6.61 Å². The highest BCUT2D eigenvalue weighted by atomic mass is 16.5. The predicted octanol–water partition coefficient (Wildman–Crippen LogP) is 0.819. The minimum atomic E-state index is -0.853. The summed E-state index contributed by atoms with van der Waals surface area (Å²) in [7, 11) is 0. The van der Waals surface area contributed by atoms with Gasteiger partial charge in [0.2, 0.25) is 0 Å². The number of likely N-dealkylation sites (N-methyl/N-ethyl adjacent to an activating group) is 1. The molecule has 2 aliphatic rings. The maximum atomic E-state index is 12.4. The number of hydrogen-bond acceptors (Lipinski definition) is 5. The maximum Gasteiger partial charge on any atom is 0.326 e. The summed E-state index contributed by atoms with van der Waals surface area (Å²) < 4.78 is 4.94. The summed E-state index contributed by atoms with van der Waals surface area (Å²) in [4.78, 5) is 50.8. The highest BCUT2D eigenvalue weighted by Crippen LogP contribution is 2.34. The lowest BCUT2D eigenvalue weighted by Gasteiger charge is -2.21. The largest absolute Gasteiger partial charge is 0.454 e. The Morgan fingerprint density at radius 2 is 1.96 bits per heavy atom. The summed E-state index contributed by atoms with van der Waals surface area (Å²) in [5.41, 5.74) is -0.0315. The van der Waals surface area contributed by atoms with Crippen LogP contribution < -0.4 is 5.32 Å². The van der Waals surface area contributed by atoms with E-state index < -0.39 is 30.7 Å². The number of rotatable bonds is 7. The summed E-state index contributed by atoms with van der Waals surface area (Å²) in [6, 6.07) is -0.576. The van der Waals surface area contributed by atoms with Crippen LogP contribution in [0.1, 0.15) is 39.5 Å². The Morgan fingerprint density at radius 1 is 1.32 bits per heavy atom. The number of carbonyl (C=O) groups is 4. The molecule has 1 N–H and O–H groups in total. The van der Waals surface area contributed by atoms with Crippen molar-refractivity contribution < 1.29 is 23.9 Å². The summed E-state index contributed by atoms with van der Waals surface area (Å²) in [6.45, 7) is 7.33. The van der Waals surface area contributed by atoms with Crippen LogP contribution in [0.5, 0.6) is 0 Å². The van der Waals surface area contributed by atoms with Gasteiger partial charge in [0, 0.05) is 13.1 Å². The third-order valence-electron chi connectivity index (χ3n) is 4.54. The van der Waals surface area contributed by atoms with Crippen LogP contribution in [0.15, 0.2) is 12.2 Å². The SMILES string of the molecule is C=C(C)CN(CC)C(=O)COC(=O)CN1C(=O)NC2(CCCC2)C1=O. The number of nitrogens with zero attached hydrogens (tertiary/aromatic N) is 2. The normalized spacial score (nSPS) is 18.4. The molecule has 0 atom stereocenters. The van der Waals surface area contributed by atoms with Gasteiger partial charge in [-0.1, -0.05) is 25.0 Å². The zero-order valence-electron chi connectivity index (χ0n) is 14.8. The Kier molecular flexibility index (Phi) is 5.81. The maximum absolute atomic E-state index is 12.4. The standard InChI is InChI=1S/C17H25N3O5/c1-4-19(9-12(2)3)13(21)11-25-14(22)10-20-15(23)17(18-16(20)24)7-5-6-8-17/h2,4-11H2,1,3H3,(H,18,24). The van der Waals surface area contributed by atoms with Crippen molar-refractivity contribution >= 4 is 23.8 Å². The van der Waals surface area contributed by atoms with Gasteiger partial charge in [-0.05, 0) is 26.7 Å². The van der Waals surface area contributed by atoms with Gasteiger partial charge in [-0.3, -0.25) is 19.3 Å². The second kappa shape index (κ2) is 7.67. The van der Waals surface area contributed by atoms with Crippen molar-refractivity contribution in [2.24, 2.45) is 0 Å². The first-order valence-electron chi connectivity index (χ1n) is 8.51. The van der Waals surface area contributed by atoms with E-state index in [0.29, 0.717) is 25.9 Å². The molecule has 1 heterocycles. The van der Waals surface area contributed by atoms with Crippen LogP contribution in [0, 0.1) is 0 Å². The molecule has 1 aliphatic carbocycles. The molecule has 4 amide bonds. The van der Waals surface area contributed by atoms with E-state index in [2.05, 4.69) is 11.9 Å². The fourth-order valence-corrected chi connectivity index (χ4v) is 3.25. The Hall–Kier alpha value is -2.38. The topological polar surface area (TPSA) is 96.0 Å². The van der Waals surface area contributed by atoms with Gasteiger partial charge in [-0.2, -0.15) is 0 Å². The van der Waals surface area contributed by atoms with E-state index in [0.717, 1.165) is 23.3 Å². The Balaban J connectivity index is 1.86. The Labute approximate surface area is 147 Å². The molecule has 0 aromatic heterocycles. The van der Waals surface area contributed by atoms with Crippen LogP contribution in [-0.4, -0.2) is 65.4 Å². The van der Waals surface area contributed by atoms with Gasteiger partial charge >= 0.3 is 12.0 Å². The smallest absolute Gasteiger partial charge is 0.326 e. The van der Waals surface area contributed by atoms with Crippen molar-refractivity contribution in [1.82, 2.24) is 15.1 Å². The second-order valence-corrected chi connectivity index (χ2v) is 6.64. The number of carbonyl (C=O) groups excluding carboxylic acids is 4. The summed E-state index contributed by atoms with van der Waals surface area (Å²) in [5.74, 6) is -1.50. The molecule has 0 radical (unpaired) electrons. The molecule has 8 nitrogen and oxygen atoms in total. The Bertz CT molecular complexity index is 595. The predicted molar refractivity (Wildman–Crippen MR) is 89.5 cm³/mol. The number of ether oxygens (including phenoxy) is 1. The zero-order valence-corrected chi connectivity index (χ0v) is 14.8. The van der Waals surface area contributed by atoms with Gasteiger partial charge in [-0.15, -0.1) is 0 Å². The lowest BCUT2D eigenvalue weighted by atomic mass is 9.98. The first-order valence-corrected chi connectivity index (χ1v) is 8.51. The molecule has 0 aromatic rings. The zero-order chi connectivity index (χ0) is 18.6. The van der Waals surface area contributed by atoms with E-state index in [9.17, 15) is 19.2 Å². The van der Waals surface area contributed by atoms with Gasteiger partial charge in [-0.25, -0.2) is 4.79 Å². The van der Waals surface area contributed by atoms with Crippen LogP contribution in [0.4, 0.5) is 4.79 Å². The number of hydrogen-bond donors (Lipinski definition) is 1. The lowest BCUT2D eigenvalue weighted by Crippen LogP contribution is -2.44. The van der Waals surface area contributed by atoms with Crippen LogP contribution in [-0.2, 0) is 19.1 Å². The number of urea groups is 1. The lowest BCUT2D eigenvalue weighted by molar-refractivity contribution is -0.153. The molecule has 0 unspecified atom stereocenters. The van der Waals surface area contributed by atoms with Gasteiger partial charge in [0.1, 0.15) is 12.1 Å². The molecular formula is C17H25N3O5. The van der Waals surface area contributed by atoms with Gasteiger partial charge in [0.05, 0.1) is 0 Å². The molecule has 1 saturated heterocycles. The molecule has 0 aromatic carbocycles. The van der Waals surface area contributed by atoms with E-state index in [-0.39, 0.29) is 11.8 Å². The van der Waals surface area contributed by atoms with Crippen molar-refractivity contribution in [2.75, 3.05) is 26.2 Å². The van der Waals surface area contributed by atoms with Crippen LogP contribution >= 0.6 is 0 Å².